The molecule has 3 aliphatic carbocycles. The van der Waals surface area contributed by atoms with Crippen LogP contribution in [0.4, 0.5) is 0 Å². The normalized spacial score (nSPS) is 41.0. The van der Waals surface area contributed by atoms with Crippen molar-refractivity contribution in [2.75, 3.05) is 0 Å². The van der Waals surface area contributed by atoms with Crippen LogP contribution < -0.4 is 5.32 Å². The van der Waals surface area contributed by atoms with Crippen LogP contribution in [-0.4, -0.2) is 23.0 Å². The van der Waals surface area contributed by atoms with Gasteiger partial charge in [-0.25, -0.2) is 0 Å². The van der Waals surface area contributed by atoms with Crippen molar-refractivity contribution in [2.45, 2.75) is 38.1 Å². The van der Waals surface area contributed by atoms with Crippen molar-refractivity contribution < 1.29 is 14.7 Å². The van der Waals surface area contributed by atoms with Crippen molar-refractivity contribution >= 4 is 11.9 Å². The Labute approximate surface area is 94.4 Å². The molecule has 0 aromatic carbocycles. The van der Waals surface area contributed by atoms with Crippen LogP contribution >= 0.6 is 0 Å². The summed E-state index contributed by atoms with van der Waals surface area (Å²) in [4.78, 5) is 23.3. The smallest absolute Gasteiger partial charge is 0.307 e. The second-order valence-corrected chi connectivity index (χ2v) is 5.51. The molecule has 16 heavy (non-hydrogen) atoms. The fraction of sp³-hybridized carbons (Fsp3) is 0.833. The SMILES string of the molecule is O=C(O)[C@H]1[C@H]2CC[C@@H](C2)[C@@H]1C(=O)NC1CC1. The van der Waals surface area contributed by atoms with Crippen LogP contribution in [0.1, 0.15) is 32.1 Å². The van der Waals surface area contributed by atoms with Gasteiger partial charge in [0.1, 0.15) is 0 Å². The first-order valence-corrected chi connectivity index (χ1v) is 6.20. The van der Waals surface area contributed by atoms with E-state index in [9.17, 15) is 14.7 Å². The van der Waals surface area contributed by atoms with E-state index in [2.05, 4.69) is 5.32 Å². The topological polar surface area (TPSA) is 66.4 Å². The Morgan fingerprint density at radius 2 is 1.62 bits per heavy atom. The Bertz CT molecular complexity index is 337. The third-order valence-electron chi connectivity index (χ3n) is 4.43. The molecule has 2 N–H and O–H groups in total. The summed E-state index contributed by atoms with van der Waals surface area (Å²) in [6.45, 7) is 0. The Hall–Kier alpha value is -1.06. The zero-order valence-corrected chi connectivity index (χ0v) is 9.19. The molecule has 4 atom stereocenters. The minimum absolute atomic E-state index is 0.00194. The number of amides is 1. The number of carboxylic acid groups (broad SMARTS) is 1. The predicted octanol–water partition coefficient (Wildman–Crippen LogP) is 1.01. The van der Waals surface area contributed by atoms with Gasteiger partial charge >= 0.3 is 5.97 Å². The molecule has 88 valence electrons. The molecule has 4 heteroatoms. The summed E-state index contributed by atoms with van der Waals surface area (Å²) in [6.07, 6.45) is 5.10. The molecule has 0 unspecified atom stereocenters. The second-order valence-electron chi connectivity index (χ2n) is 5.51. The molecule has 0 aromatic rings. The molecular weight excluding hydrogens is 206 g/mol. The van der Waals surface area contributed by atoms with E-state index in [1.54, 1.807) is 0 Å². The Kier molecular flexibility index (Phi) is 2.19. The van der Waals surface area contributed by atoms with Gasteiger partial charge in [-0.3, -0.25) is 9.59 Å². The average molecular weight is 223 g/mol. The third-order valence-corrected chi connectivity index (χ3v) is 4.43. The maximum Gasteiger partial charge on any atom is 0.307 e. The molecule has 3 rings (SSSR count). The molecule has 3 saturated carbocycles. The van der Waals surface area contributed by atoms with Gasteiger partial charge in [0.05, 0.1) is 11.8 Å². The van der Waals surface area contributed by atoms with Crippen molar-refractivity contribution in [1.82, 2.24) is 5.32 Å². The van der Waals surface area contributed by atoms with E-state index in [-0.39, 0.29) is 17.7 Å². The molecule has 1 amide bonds. The number of rotatable bonds is 3. The van der Waals surface area contributed by atoms with E-state index in [1.165, 1.54) is 0 Å². The van der Waals surface area contributed by atoms with Crippen molar-refractivity contribution in [3.8, 4) is 0 Å². The van der Waals surface area contributed by atoms with Crippen LogP contribution in [0.25, 0.3) is 0 Å². The van der Waals surface area contributed by atoms with E-state index in [4.69, 9.17) is 0 Å². The van der Waals surface area contributed by atoms with E-state index < -0.39 is 11.9 Å². The summed E-state index contributed by atoms with van der Waals surface area (Å²) in [6, 6.07) is 0.334. The molecule has 3 fully saturated rings. The van der Waals surface area contributed by atoms with Gasteiger partial charge < -0.3 is 10.4 Å². The van der Waals surface area contributed by atoms with Crippen molar-refractivity contribution in [3.05, 3.63) is 0 Å². The molecule has 0 aliphatic heterocycles. The molecule has 4 nitrogen and oxygen atoms in total. The molecule has 0 radical (unpaired) electrons. The highest BCUT2D eigenvalue weighted by Crippen LogP contribution is 2.52. The standard InChI is InChI=1S/C12H17NO3/c14-11(13-8-3-4-8)9-6-1-2-7(5-6)10(9)12(15)16/h6-10H,1-5H2,(H,13,14)(H,15,16)/t6-,7-,9-,10-/m0/s1. The lowest BCUT2D eigenvalue weighted by Gasteiger charge is -2.27. The number of carbonyl (C=O) groups is 2. The highest BCUT2D eigenvalue weighted by Gasteiger charge is 2.54. The maximum atomic E-state index is 12.0. The lowest BCUT2D eigenvalue weighted by atomic mass is 9.78. The molecule has 0 heterocycles. The quantitative estimate of drug-likeness (QED) is 0.750. The number of hydrogen-bond donors (Lipinski definition) is 2. The van der Waals surface area contributed by atoms with Gasteiger partial charge in [-0.15, -0.1) is 0 Å². The fourth-order valence-electron chi connectivity index (χ4n) is 3.55. The molecule has 2 bridgehead atoms. The van der Waals surface area contributed by atoms with Crippen molar-refractivity contribution in [3.63, 3.8) is 0 Å². The van der Waals surface area contributed by atoms with Gasteiger partial charge in [0.25, 0.3) is 0 Å². The van der Waals surface area contributed by atoms with Gasteiger partial charge in [-0.2, -0.15) is 0 Å². The molecule has 0 saturated heterocycles. The van der Waals surface area contributed by atoms with Gasteiger partial charge in [0.2, 0.25) is 5.91 Å². The van der Waals surface area contributed by atoms with Crippen LogP contribution in [0.15, 0.2) is 0 Å². The van der Waals surface area contributed by atoms with Crippen LogP contribution in [-0.2, 0) is 9.59 Å². The van der Waals surface area contributed by atoms with Crippen LogP contribution in [0.2, 0.25) is 0 Å². The third kappa shape index (κ3) is 1.51. The first-order valence-electron chi connectivity index (χ1n) is 6.20. The van der Waals surface area contributed by atoms with Gasteiger partial charge in [-0.1, -0.05) is 0 Å². The maximum absolute atomic E-state index is 12.0. The Morgan fingerprint density at radius 3 is 2.19 bits per heavy atom. The lowest BCUT2D eigenvalue weighted by molar-refractivity contribution is -0.149. The van der Waals surface area contributed by atoms with Crippen LogP contribution in [0.5, 0.6) is 0 Å². The molecule has 0 aromatic heterocycles. The summed E-state index contributed by atoms with van der Waals surface area (Å²) in [5.74, 6) is -0.873. The Morgan fingerprint density at radius 1 is 1.00 bits per heavy atom. The van der Waals surface area contributed by atoms with Crippen LogP contribution in [0, 0.1) is 23.7 Å². The molecule has 3 aliphatic rings. The highest BCUT2D eigenvalue weighted by molar-refractivity contribution is 5.86. The van der Waals surface area contributed by atoms with E-state index in [1.807, 2.05) is 0 Å². The largest absolute Gasteiger partial charge is 0.481 e. The van der Waals surface area contributed by atoms with E-state index >= 15 is 0 Å². The van der Waals surface area contributed by atoms with Crippen LogP contribution in [0.3, 0.4) is 0 Å². The molecule has 0 spiro atoms. The van der Waals surface area contributed by atoms with Gasteiger partial charge in [-0.05, 0) is 43.9 Å². The predicted molar refractivity (Wildman–Crippen MR) is 56.6 cm³/mol. The number of nitrogens with one attached hydrogen (secondary N) is 1. The fourth-order valence-corrected chi connectivity index (χ4v) is 3.55. The summed E-state index contributed by atoms with van der Waals surface area (Å²) in [5, 5.41) is 12.2. The zero-order chi connectivity index (χ0) is 11.3. The van der Waals surface area contributed by atoms with Crippen molar-refractivity contribution in [2.24, 2.45) is 23.7 Å². The van der Waals surface area contributed by atoms with E-state index in [0.29, 0.717) is 12.0 Å². The first-order chi connectivity index (χ1) is 7.66. The number of aliphatic carboxylic acids is 1. The minimum atomic E-state index is -0.775. The summed E-state index contributed by atoms with van der Waals surface area (Å²) < 4.78 is 0. The zero-order valence-electron chi connectivity index (χ0n) is 9.19. The summed E-state index contributed by atoms with van der Waals surface area (Å²) in [5.41, 5.74) is 0. The van der Waals surface area contributed by atoms with Gasteiger partial charge in [0.15, 0.2) is 0 Å². The monoisotopic (exact) mass is 223 g/mol. The first kappa shape index (κ1) is 10.1. The highest BCUT2D eigenvalue weighted by atomic mass is 16.4. The minimum Gasteiger partial charge on any atom is -0.481 e. The molecular formula is C12H17NO3. The summed E-state index contributed by atoms with van der Waals surface area (Å²) in [7, 11) is 0. The number of hydrogen-bond acceptors (Lipinski definition) is 2. The second kappa shape index (κ2) is 3.47. The average Bonchev–Trinajstić information content (AvgIpc) is 2.81. The Balaban J connectivity index is 1.75. The lowest BCUT2D eigenvalue weighted by Crippen LogP contribution is -2.42. The number of carboxylic acids is 1. The number of fused-ring (bicyclic) bond motifs is 2. The van der Waals surface area contributed by atoms with E-state index in [0.717, 1.165) is 32.1 Å². The van der Waals surface area contributed by atoms with Gasteiger partial charge in [0, 0.05) is 6.04 Å². The summed E-state index contributed by atoms with van der Waals surface area (Å²) >= 11 is 0. The number of carbonyl (C=O) groups excluding carboxylic acids is 1. The van der Waals surface area contributed by atoms with Crippen molar-refractivity contribution in [1.29, 1.82) is 0 Å².